The molecular formula is C13H28N2O. The first-order valence-corrected chi connectivity index (χ1v) is 6.58. The summed E-state index contributed by atoms with van der Waals surface area (Å²) in [6.07, 6.45) is 7.87. The normalized spacial score (nSPS) is 19.5. The van der Waals surface area contributed by atoms with E-state index in [2.05, 4.69) is 24.3 Å². The molecule has 0 amide bonds. The Morgan fingerprint density at radius 3 is 2.44 bits per heavy atom. The third-order valence-corrected chi connectivity index (χ3v) is 3.89. The smallest absolute Gasteiger partial charge is 0.0462 e. The third kappa shape index (κ3) is 4.04. The van der Waals surface area contributed by atoms with Crippen LogP contribution in [0.2, 0.25) is 0 Å². The first kappa shape index (κ1) is 13.9. The summed E-state index contributed by atoms with van der Waals surface area (Å²) in [5.41, 5.74) is 0.432. The molecule has 0 aromatic rings. The molecule has 3 heteroatoms. The van der Waals surface area contributed by atoms with Gasteiger partial charge in [-0.3, -0.25) is 0 Å². The Morgan fingerprint density at radius 2 is 1.88 bits per heavy atom. The van der Waals surface area contributed by atoms with Gasteiger partial charge in [0.05, 0.1) is 0 Å². The van der Waals surface area contributed by atoms with Crippen LogP contribution < -0.4 is 5.32 Å². The van der Waals surface area contributed by atoms with Crippen molar-refractivity contribution in [1.82, 2.24) is 10.2 Å². The lowest BCUT2D eigenvalue weighted by atomic mass is 9.96. The first-order chi connectivity index (χ1) is 7.71. The molecule has 0 aliphatic heterocycles. The molecule has 0 heterocycles. The molecule has 0 aromatic heterocycles. The zero-order valence-corrected chi connectivity index (χ0v) is 11.2. The number of likely N-dealkylation sites (N-methyl/N-ethyl adjacent to an activating group) is 1. The fourth-order valence-electron chi connectivity index (χ4n) is 2.63. The van der Waals surface area contributed by atoms with E-state index in [1.807, 2.05) is 0 Å². The second-order valence-corrected chi connectivity index (χ2v) is 5.20. The molecule has 1 aliphatic carbocycles. The molecule has 0 unspecified atom stereocenters. The van der Waals surface area contributed by atoms with Gasteiger partial charge in [-0.1, -0.05) is 12.8 Å². The van der Waals surface area contributed by atoms with E-state index in [0.29, 0.717) is 5.54 Å². The Labute approximate surface area is 101 Å². The number of methoxy groups -OCH3 is 1. The van der Waals surface area contributed by atoms with Crippen molar-refractivity contribution in [3.05, 3.63) is 0 Å². The van der Waals surface area contributed by atoms with Crippen LogP contribution in [0.3, 0.4) is 0 Å². The summed E-state index contributed by atoms with van der Waals surface area (Å²) in [5.74, 6) is 0. The molecular weight excluding hydrogens is 200 g/mol. The van der Waals surface area contributed by atoms with Gasteiger partial charge >= 0.3 is 0 Å². The summed E-state index contributed by atoms with van der Waals surface area (Å²) in [5, 5.41) is 3.61. The minimum Gasteiger partial charge on any atom is -0.385 e. The largest absolute Gasteiger partial charge is 0.385 e. The van der Waals surface area contributed by atoms with E-state index >= 15 is 0 Å². The zero-order chi connectivity index (χ0) is 11.9. The highest BCUT2D eigenvalue weighted by molar-refractivity contribution is 4.94. The quantitative estimate of drug-likeness (QED) is 0.642. The lowest BCUT2D eigenvalue weighted by Crippen LogP contribution is -2.49. The second kappa shape index (κ2) is 7.25. The summed E-state index contributed by atoms with van der Waals surface area (Å²) < 4.78 is 5.04. The maximum Gasteiger partial charge on any atom is 0.0462 e. The van der Waals surface area contributed by atoms with Crippen LogP contribution in [0.25, 0.3) is 0 Å². The number of rotatable bonds is 8. The van der Waals surface area contributed by atoms with Gasteiger partial charge < -0.3 is 15.0 Å². The number of ether oxygens (including phenoxy) is 1. The molecule has 1 fully saturated rings. The number of hydrogen-bond acceptors (Lipinski definition) is 3. The average Bonchev–Trinajstić information content (AvgIpc) is 2.73. The first-order valence-electron chi connectivity index (χ1n) is 6.58. The van der Waals surface area contributed by atoms with Crippen LogP contribution in [0, 0.1) is 0 Å². The maximum absolute atomic E-state index is 5.04. The van der Waals surface area contributed by atoms with Crippen LogP contribution in [0.15, 0.2) is 0 Å². The van der Waals surface area contributed by atoms with Crippen molar-refractivity contribution >= 4 is 0 Å². The van der Waals surface area contributed by atoms with Crippen LogP contribution in [-0.4, -0.2) is 51.3 Å². The van der Waals surface area contributed by atoms with Crippen molar-refractivity contribution in [3.63, 3.8) is 0 Å². The number of unbranched alkanes of at least 4 members (excludes halogenated alkanes) is 1. The highest BCUT2D eigenvalue weighted by atomic mass is 16.5. The van der Waals surface area contributed by atoms with Gasteiger partial charge in [-0.25, -0.2) is 0 Å². The van der Waals surface area contributed by atoms with Gasteiger partial charge in [0.1, 0.15) is 0 Å². The summed E-state index contributed by atoms with van der Waals surface area (Å²) in [6.45, 7) is 3.16. The van der Waals surface area contributed by atoms with Crippen LogP contribution in [0.1, 0.15) is 38.5 Å². The van der Waals surface area contributed by atoms with Gasteiger partial charge in [-0.15, -0.1) is 0 Å². The van der Waals surface area contributed by atoms with Crippen LogP contribution in [0.5, 0.6) is 0 Å². The summed E-state index contributed by atoms with van der Waals surface area (Å²) in [7, 11) is 6.21. The predicted octanol–water partition coefficient (Wildman–Crippen LogP) is 1.88. The molecule has 0 aromatic carbocycles. The zero-order valence-electron chi connectivity index (χ0n) is 11.2. The number of nitrogens with one attached hydrogen (secondary N) is 1. The van der Waals surface area contributed by atoms with Gasteiger partial charge in [0.25, 0.3) is 0 Å². The van der Waals surface area contributed by atoms with Gasteiger partial charge in [0.15, 0.2) is 0 Å². The summed E-state index contributed by atoms with van der Waals surface area (Å²) in [4.78, 5) is 2.42. The summed E-state index contributed by atoms with van der Waals surface area (Å²) in [6, 6.07) is 0. The fraction of sp³-hybridized carbons (Fsp3) is 1.00. The molecule has 0 radical (unpaired) electrons. The van der Waals surface area contributed by atoms with Gasteiger partial charge in [0, 0.05) is 25.8 Å². The number of nitrogens with zero attached hydrogens (tertiary/aromatic N) is 1. The van der Waals surface area contributed by atoms with E-state index in [-0.39, 0.29) is 0 Å². The lowest BCUT2D eigenvalue weighted by Gasteiger charge is -2.36. The molecule has 16 heavy (non-hydrogen) atoms. The summed E-state index contributed by atoms with van der Waals surface area (Å²) >= 11 is 0. The van der Waals surface area contributed by atoms with E-state index in [0.717, 1.165) is 19.7 Å². The molecule has 0 bridgehead atoms. The van der Waals surface area contributed by atoms with Crippen LogP contribution in [-0.2, 0) is 4.74 Å². The van der Waals surface area contributed by atoms with E-state index < -0.39 is 0 Å². The van der Waals surface area contributed by atoms with E-state index in [9.17, 15) is 0 Å². The van der Waals surface area contributed by atoms with Crippen molar-refractivity contribution in [3.8, 4) is 0 Å². The average molecular weight is 228 g/mol. The lowest BCUT2D eigenvalue weighted by molar-refractivity contribution is 0.153. The van der Waals surface area contributed by atoms with Gasteiger partial charge in [-0.05, 0) is 46.3 Å². The predicted molar refractivity (Wildman–Crippen MR) is 68.9 cm³/mol. The van der Waals surface area contributed by atoms with E-state index in [1.165, 1.54) is 38.5 Å². The monoisotopic (exact) mass is 228 g/mol. The topological polar surface area (TPSA) is 24.5 Å². The second-order valence-electron chi connectivity index (χ2n) is 5.20. The van der Waals surface area contributed by atoms with Crippen LogP contribution in [0.4, 0.5) is 0 Å². The van der Waals surface area contributed by atoms with Crippen molar-refractivity contribution < 1.29 is 4.74 Å². The Bertz CT molecular complexity index is 177. The Hall–Kier alpha value is -0.120. The highest BCUT2D eigenvalue weighted by Crippen LogP contribution is 2.32. The Kier molecular flexibility index (Phi) is 6.32. The fourth-order valence-corrected chi connectivity index (χ4v) is 2.63. The minimum atomic E-state index is 0.432. The van der Waals surface area contributed by atoms with Crippen molar-refractivity contribution in [2.45, 2.75) is 44.1 Å². The van der Waals surface area contributed by atoms with Gasteiger partial charge in [-0.2, -0.15) is 0 Å². The molecule has 1 N–H and O–H groups in total. The van der Waals surface area contributed by atoms with E-state index in [1.54, 1.807) is 7.11 Å². The Morgan fingerprint density at radius 1 is 1.19 bits per heavy atom. The molecule has 96 valence electrons. The SMILES string of the molecule is COCCCCNCC1(N(C)C)CCCC1. The minimum absolute atomic E-state index is 0.432. The maximum atomic E-state index is 5.04. The third-order valence-electron chi connectivity index (χ3n) is 3.89. The Balaban J connectivity index is 2.14. The molecule has 1 rings (SSSR count). The molecule has 3 nitrogen and oxygen atoms in total. The van der Waals surface area contributed by atoms with Crippen molar-refractivity contribution in [2.24, 2.45) is 0 Å². The molecule has 0 atom stereocenters. The van der Waals surface area contributed by atoms with E-state index in [4.69, 9.17) is 4.74 Å². The van der Waals surface area contributed by atoms with Crippen molar-refractivity contribution in [2.75, 3.05) is 40.9 Å². The molecule has 0 saturated heterocycles. The highest BCUT2D eigenvalue weighted by Gasteiger charge is 2.35. The van der Waals surface area contributed by atoms with Crippen LogP contribution >= 0.6 is 0 Å². The molecule has 0 spiro atoms. The molecule has 1 aliphatic rings. The number of hydrogen-bond donors (Lipinski definition) is 1. The standard InChI is InChI=1S/C13H28N2O/c1-15(2)13(8-4-5-9-13)12-14-10-6-7-11-16-3/h14H,4-12H2,1-3H3. The van der Waals surface area contributed by atoms with Gasteiger partial charge in [0.2, 0.25) is 0 Å². The molecule has 1 saturated carbocycles. The van der Waals surface area contributed by atoms with Crippen molar-refractivity contribution in [1.29, 1.82) is 0 Å².